The second kappa shape index (κ2) is 9.21. The van der Waals surface area contributed by atoms with Gasteiger partial charge in [0.1, 0.15) is 5.69 Å². The van der Waals surface area contributed by atoms with Crippen LogP contribution < -0.4 is 10.6 Å². The Hall–Kier alpha value is -4.00. The van der Waals surface area contributed by atoms with Gasteiger partial charge in [0.15, 0.2) is 0 Å². The van der Waals surface area contributed by atoms with Gasteiger partial charge in [0.25, 0.3) is 5.91 Å². The fourth-order valence-electron chi connectivity index (χ4n) is 3.01. The third kappa shape index (κ3) is 5.14. The molecule has 0 radical (unpaired) electrons. The predicted octanol–water partition coefficient (Wildman–Crippen LogP) is 4.20. The van der Waals surface area contributed by atoms with Crippen molar-refractivity contribution < 1.29 is 4.79 Å². The number of aryl methyl sites for hydroxylation is 2. The Morgan fingerprint density at radius 3 is 2.03 bits per heavy atom. The van der Waals surface area contributed by atoms with E-state index in [-0.39, 0.29) is 5.91 Å². The number of nitrogens with zero attached hydrogens (tertiary/aromatic N) is 4. The van der Waals surface area contributed by atoms with Crippen LogP contribution in [0.4, 0.5) is 11.9 Å². The monoisotopic (exact) mass is 412 g/mol. The summed E-state index contributed by atoms with van der Waals surface area (Å²) in [6.07, 6.45) is 1.58. The van der Waals surface area contributed by atoms with Crippen molar-refractivity contribution in [3.05, 3.63) is 101 Å². The molecule has 0 fully saturated rings. The lowest BCUT2D eigenvalue weighted by Gasteiger charge is -2.07. The molecule has 0 unspecified atom stereocenters. The average Bonchev–Trinajstić information content (AvgIpc) is 3.21. The van der Waals surface area contributed by atoms with Crippen LogP contribution >= 0.6 is 0 Å². The normalized spacial score (nSPS) is 10.6. The largest absolute Gasteiger partial charge is 0.350 e. The van der Waals surface area contributed by atoms with Crippen LogP contribution in [0.2, 0.25) is 0 Å². The van der Waals surface area contributed by atoms with E-state index in [1.54, 1.807) is 24.4 Å². The van der Waals surface area contributed by atoms with Crippen molar-refractivity contribution in [1.29, 1.82) is 0 Å². The summed E-state index contributed by atoms with van der Waals surface area (Å²) in [5.74, 6) is 0.391. The van der Waals surface area contributed by atoms with E-state index in [1.807, 2.05) is 19.1 Å². The molecule has 2 aromatic heterocycles. The molecular weight excluding hydrogens is 388 g/mol. The van der Waals surface area contributed by atoms with Crippen molar-refractivity contribution in [3.63, 3.8) is 0 Å². The fourth-order valence-corrected chi connectivity index (χ4v) is 3.01. The van der Waals surface area contributed by atoms with E-state index in [0.717, 1.165) is 11.1 Å². The van der Waals surface area contributed by atoms with Crippen LogP contribution in [0.15, 0.2) is 72.9 Å². The second-order valence-electron chi connectivity index (χ2n) is 7.37. The van der Waals surface area contributed by atoms with Gasteiger partial charge in [-0.2, -0.15) is 9.67 Å². The van der Waals surface area contributed by atoms with Gasteiger partial charge in [-0.3, -0.25) is 9.78 Å². The van der Waals surface area contributed by atoms with Gasteiger partial charge >= 0.3 is 0 Å². The minimum absolute atomic E-state index is 0.302. The van der Waals surface area contributed by atoms with Gasteiger partial charge in [-0.25, -0.2) is 0 Å². The van der Waals surface area contributed by atoms with Crippen LogP contribution in [0, 0.1) is 13.8 Å². The molecule has 0 bridgehead atoms. The summed E-state index contributed by atoms with van der Waals surface area (Å²) in [5.41, 5.74) is 4.89. The lowest BCUT2D eigenvalue weighted by Crippen LogP contribution is -2.18. The molecule has 156 valence electrons. The standard InChI is InChI=1S/C24H24N6O/c1-17-6-10-19(11-7-17)15-26-23-28-24(27-16-20-12-8-18(2)9-13-20)30(29-23)22(31)21-5-3-4-14-25-21/h3-14H,15-16H2,1-2H3,(H2,26,27,28,29). The summed E-state index contributed by atoms with van der Waals surface area (Å²) in [4.78, 5) is 21.6. The summed E-state index contributed by atoms with van der Waals surface area (Å²) in [6, 6.07) is 21.6. The van der Waals surface area contributed by atoms with Crippen molar-refractivity contribution in [2.24, 2.45) is 0 Å². The first kappa shape index (κ1) is 20.3. The van der Waals surface area contributed by atoms with Crippen molar-refractivity contribution >= 4 is 17.8 Å². The second-order valence-corrected chi connectivity index (χ2v) is 7.37. The molecule has 4 rings (SSSR count). The van der Waals surface area contributed by atoms with Crippen LogP contribution in [0.1, 0.15) is 32.7 Å². The van der Waals surface area contributed by atoms with Crippen LogP contribution in [0.25, 0.3) is 0 Å². The molecular formula is C24H24N6O. The highest BCUT2D eigenvalue weighted by molar-refractivity contribution is 5.95. The third-order valence-electron chi connectivity index (χ3n) is 4.83. The fraction of sp³-hybridized carbons (Fsp3) is 0.167. The van der Waals surface area contributed by atoms with Crippen LogP contribution in [0.3, 0.4) is 0 Å². The summed E-state index contributed by atoms with van der Waals surface area (Å²) >= 11 is 0. The summed E-state index contributed by atoms with van der Waals surface area (Å²) < 4.78 is 1.26. The van der Waals surface area contributed by atoms with Crippen molar-refractivity contribution in [2.75, 3.05) is 10.6 Å². The summed E-state index contributed by atoms with van der Waals surface area (Å²) in [7, 11) is 0. The van der Waals surface area contributed by atoms with Gasteiger partial charge in [-0.1, -0.05) is 65.7 Å². The topological polar surface area (TPSA) is 84.7 Å². The Morgan fingerprint density at radius 2 is 1.45 bits per heavy atom. The van der Waals surface area contributed by atoms with Gasteiger partial charge in [0.2, 0.25) is 11.9 Å². The first-order valence-electron chi connectivity index (χ1n) is 10.1. The Morgan fingerprint density at radius 1 is 0.839 bits per heavy atom. The molecule has 4 aromatic rings. The third-order valence-corrected chi connectivity index (χ3v) is 4.83. The molecule has 0 spiro atoms. The number of aromatic nitrogens is 4. The summed E-state index contributed by atoms with van der Waals surface area (Å²) in [5, 5.41) is 10.8. The maximum absolute atomic E-state index is 13.0. The van der Waals surface area contributed by atoms with E-state index < -0.39 is 0 Å². The molecule has 0 amide bonds. The van der Waals surface area contributed by atoms with Crippen LogP contribution in [-0.4, -0.2) is 25.7 Å². The number of hydrogen-bond donors (Lipinski definition) is 2. The molecule has 0 atom stereocenters. The van der Waals surface area contributed by atoms with Gasteiger partial charge in [0, 0.05) is 19.3 Å². The number of rotatable bonds is 7. The van der Waals surface area contributed by atoms with Crippen LogP contribution in [-0.2, 0) is 13.1 Å². The number of pyridine rings is 1. The molecule has 0 aliphatic carbocycles. The molecule has 0 saturated heterocycles. The highest BCUT2D eigenvalue weighted by Crippen LogP contribution is 2.14. The van der Waals surface area contributed by atoms with Gasteiger partial charge in [-0.05, 0) is 37.1 Å². The summed E-state index contributed by atoms with van der Waals surface area (Å²) in [6.45, 7) is 5.17. The van der Waals surface area contributed by atoms with Crippen molar-refractivity contribution in [1.82, 2.24) is 19.7 Å². The SMILES string of the molecule is Cc1ccc(CNc2nc(NCc3ccc(C)cc3)n(C(=O)c3ccccn3)n2)cc1. The molecule has 31 heavy (non-hydrogen) atoms. The Kier molecular flexibility index (Phi) is 6.03. The smallest absolute Gasteiger partial charge is 0.300 e. The lowest BCUT2D eigenvalue weighted by molar-refractivity contribution is 0.0942. The highest BCUT2D eigenvalue weighted by Gasteiger charge is 2.18. The van der Waals surface area contributed by atoms with Crippen molar-refractivity contribution in [2.45, 2.75) is 26.9 Å². The molecule has 7 heteroatoms. The minimum Gasteiger partial charge on any atom is -0.350 e. The van der Waals surface area contributed by atoms with E-state index in [1.165, 1.54) is 15.8 Å². The lowest BCUT2D eigenvalue weighted by atomic mass is 10.1. The zero-order valence-electron chi connectivity index (χ0n) is 17.5. The van der Waals surface area contributed by atoms with E-state index in [0.29, 0.717) is 30.7 Å². The van der Waals surface area contributed by atoms with E-state index in [4.69, 9.17) is 0 Å². The molecule has 2 N–H and O–H groups in total. The maximum atomic E-state index is 13.0. The number of carbonyl (C=O) groups is 1. The first-order valence-corrected chi connectivity index (χ1v) is 10.1. The van der Waals surface area contributed by atoms with Gasteiger partial charge < -0.3 is 10.6 Å². The first-order chi connectivity index (χ1) is 15.1. The molecule has 0 aliphatic rings. The highest BCUT2D eigenvalue weighted by atomic mass is 16.2. The average molecular weight is 412 g/mol. The minimum atomic E-state index is -0.345. The van der Waals surface area contributed by atoms with Crippen molar-refractivity contribution in [3.8, 4) is 0 Å². The zero-order chi connectivity index (χ0) is 21.6. The Balaban J connectivity index is 1.55. The maximum Gasteiger partial charge on any atom is 0.300 e. The zero-order valence-corrected chi connectivity index (χ0v) is 17.5. The molecule has 2 aromatic carbocycles. The predicted molar refractivity (Wildman–Crippen MR) is 121 cm³/mol. The van der Waals surface area contributed by atoms with Gasteiger partial charge in [-0.15, -0.1) is 5.10 Å². The van der Waals surface area contributed by atoms with Crippen LogP contribution in [0.5, 0.6) is 0 Å². The van der Waals surface area contributed by atoms with E-state index >= 15 is 0 Å². The number of nitrogens with one attached hydrogen (secondary N) is 2. The molecule has 7 nitrogen and oxygen atoms in total. The number of carbonyl (C=O) groups excluding carboxylic acids is 1. The number of benzene rings is 2. The molecule has 0 saturated carbocycles. The number of anilines is 2. The quantitative estimate of drug-likeness (QED) is 0.473. The van der Waals surface area contributed by atoms with E-state index in [2.05, 4.69) is 69.0 Å². The Bertz CT molecular complexity index is 1150. The molecule has 0 aliphatic heterocycles. The Labute approximate surface area is 181 Å². The van der Waals surface area contributed by atoms with E-state index in [9.17, 15) is 4.79 Å². The molecule has 2 heterocycles. The number of hydrogen-bond acceptors (Lipinski definition) is 6. The van der Waals surface area contributed by atoms with Gasteiger partial charge in [0.05, 0.1) is 0 Å².